The van der Waals surface area contributed by atoms with E-state index in [0.717, 1.165) is 0 Å². The first-order valence-corrected chi connectivity index (χ1v) is 15.5. The molecule has 0 saturated carbocycles. The number of rotatable bonds is 5. The first-order valence-electron chi connectivity index (χ1n) is 8.67. The van der Waals surface area contributed by atoms with Crippen LogP contribution in [-0.4, -0.2) is 66.8 Å². The lowest BCUT2D eigenvalue weighted by Crippen LogP contribution is -2.68. The van der Waals surface area contributed by atoms with Gasteiger partial charge in [-0.3, -0.25) is 0 Å². The number of hydrogen-bond acceptors (Lipinski definition) is 6. The van der Waals surface area contributed by atoms with Crippen molar-refractivity contribution in [1.82, 2.24) is 0 Å². The van der Waals surface area contributed by atoms with Gasteiger partial charge in [0.15, 0.2) is 28.7 Å². The average Bonchev–Trinajstić information content (AvgIpc) is 2.38. The average molecular weight is 379 g/mol. The van der Waals surface area contributed by atoms with E-state index in [2.05, 4.69) is 39.3 Å². The monoisotopic (exact) mass is 378 g/mol. The Hall–Kier alpha value is 0.194. The molecular formula is C16H34O6Si2. The maximum Gasteiger partial charge on any atom is 0.185 e. The molecule has 6 nitrogen and oxygen atoms in total. The highest BCUT2D eigenvalue weighted by molar-refractivity contribution is 6.70. The zero-order chi connectivity index (χ0) is 18.3. The van der Waals surface area contributed by atoms with Crippen LogP contribution in [0, 0.1) is 0 Å². The van der Waals surface area contributed by atoms with Crippen molar-refractivity contribution >= 4 is 16.6 Å². The molecule has 2 fully saturated rings. The fraction of sp³-hybridized carbons (Fsp3) is 1.00. The maximum absolute atomic E-state index is 6.53. The Labute approximate surface area is 148 Å². The fourth-order valence-electron chi connectivity index (χ4n) is 3.07. The summed E-state index contributed by atoms with van der Waals surface area (Å²) in [5, 5.41) is 0. The van der Waals surface area contributed by atoms with E-state index < -0.39 is 28.7 Å². The largest absolute Gasteiger partial charge is 0.409 e. The van der Waals surface area contributed by atoms with E-state index in [1.165, 1.54) is 0 Å². The van der Waals surface area contributed by atoms with E-state index in [-0.39, 0.29) is 24.4 Å². The molecule has 0 radical (unpaired) electrons. The van der Waals surface area contributed by atoms with Gasteiger partial charge in [-0.15, -0.1) is 0 Å². The molecule has 0 aromatic heterocycles. The van der Waals surface area contributed by atoms with Crippen molar-refractivity contribution in [2.45, 2.75) is 89.6 Å². The summed E-state index contributed by atoms with van der Waals surface area (Å²) in [5.41, 5.74) is 0. The Morgan fingerprint density at radius 1 is 0.917 bits per heavy atom. The van der Waals surface area contributed by atoms with Crippen molar-refractivity contribution in [2.24, 2.45) is 0 Å². The molecule has 2 saturated heterocycles. The molecule has 2 heterocycles. The number of ether oxygens (including phenoxy) is 4. The molecule has 0 amide bonds. The van der Waals surface area contributed by atoms with Gasteiger partial charge in [-0.2, -0.15) is 0 Å². The van der Waals surface area contributed by atoms with E-state index in [1.807, 2.05) is 13.8 Å². The molecule has 0 N–H and O–H groups in total. The van der Waals surface area contributed by atoms with Crippen molar-refractivity contribution in [3.05, 3.63) is 0 Å². The maximum atomic E-state index is 6.53. The predicted octanol–water partition coefficient (Wildman–Crippen LogP) is 2.95. The highest BCUT2D eigenvalue weighted by Gasteiger charge is 2.54. The SMILES string of the molecule is CO[C@H]1O[C@@H]2COC(C)(C)O[C@@H]2[C@H](O[Si](C)(C)C)[C@H]1O[Si](C)(C)C. The second kappa shape index (κ2) is 7.07. The molecule has 2 rings (SSSR count). The lowest BCUT2D eigenvalue weighted by molar-refractivity contribution is -0.376. The van der Waals surface area contributed by atoms with Gasteiger partial charge in [0.25, 0.3) is 0 Å². The topological polar surface area (TPSA) is 55.4 Å². The van der Waals surface area contributed by atoms with Crippen LogP contribution in [-0.2, 0) is 27.8 Å². The van der Waals surface area contributed by atoms with E-state index in [4.69, 9.17) is 27.8 Å². The normalized spacial score (nSPS) is 37.1. The Morgan fingerprint density at radius 3 is 1.96 bits per heavy atom. The molecule has 0 bridgehead atoms. The molecule has 0 unspecified atom stereocenters. The van der Waals surface area contributed by atoms with Crippen LogP contribution in [0.15, 0.2) is 0 Å². The molecule has 5 atom stereocenters. The molecule has 0 aromatic rings. The third kappa shape index (κ3) is 5.34. The lowest BCUT2D eigenvalue weighted by atomic mass is 9.97. The number of hydrogen-bond donors (Lipinski definition) is 0. The van der Waals surface area contributed by atoms with Crippen molar-refractivity contribution in [3.8, 4) is 0 Å². The van der Waals surface area contributed by atoms with Gasteiger partial charge in [0, 0.05) is 7.11 Å². The Morgan fingerprint density at radius 2 is 1.46 bits per heavy atom. The van der Waals surface area contributed by atoms with Crippen molar-refractivity contribution in [3.63, 3.8) is 0 Å². The number of methoxy groups -OCH3 is 1. The van der Waals surface area contributed by atoms with Gasteiger partial charge in [-0.25, -0.2) is 0 Å². The summed E-state index contributed by atoms with van der Waals surface area (Å²) >= 11 is 0. The van der Waals surface area contributed by atoms with Gasteiger partial charge in [0.1, 0.15) is 24.4 Å². The van der Waals surface area contributed by atoms with E-state index in [9.17, 15) is 0 Å². The second-order valence-corrected chi connectivity index (χ2v) is 17.9. The number of fused-ring (bicyclic) bond motifs is 1. The van der Waals surface area contributed by atoms with Gasteiger partial charge >= 0.3 is 0 Å². The molecule has 24 heavy (non-hydrogen) atoms. The first-order chi connectivity index (χ1) is 10.8. The lowest BCUT2D eigenvalue weighted by Gasteiger charge is -2.52. The minimum absolute atomic E-state index is 0.217. The second-order valence-electron chi connectivity index (χ2n) is 8.96. The van der Waals surface area contributed by atoms with Gasteiger partial charge in [0.05, 0.1) is 6.61 Å². The molecular weight excluding hydrogens is 344 g/mol. The highest BCUT2D eigenvalue weighted by Crippen LogP contribution is 2.37. The quantitative estimate of drug-likeness (QED) is 0.686. The summed E-state index contributed by atoms with van der Waals surface area (Å²) in [4.78, 5) is 0. The summed E-state index contributed by atoms with van der Waals surface area (Å²) in [5.74, 6) is -0.658. The van der Waals surface area contributed by atoms with Gasteiger partial charge in [-0.05, 0) is 53.1 Å². The Kier molecular flexibility index (Phi) is 6.04. The fourth-order valence-corrected chi connectivity index (χ4v) is 5.21. The molecule has 2 aliphatic rings. The predicted molar refractivity (Wildman–Crippen MR) is 97.0 cm³/mol. The standard InChI is InChI=1S/C16H34O6Si2/c1-16(2)18-10-11-12(20-16)13(21-23(4,5)6)14(15(17-3)19-11)22-24(7,8)9/h11-15H,10H2,1-9H3/t11-,12+,13+,14-,15+/m1/s1. The summed E-state index contributed by atoms with van der Waals surface area (Å²) in [6, 6.07) is 0. The zero-order valence-electron chi connectivity index (χ0n) is 16.5. The minimum atomic E-state index is -1.82. The van der Waals surface area contributed by atoms with Crippen LogP contribution in [0.1, 0.15) is 13.8 Å². The Bertz CT molecular complexity index is 431. The van der Waals surface area contributed by atoms with Gasteiger partial charge in [-0.1, -0.05) is 0 Å². The molecule has 0 aliphatic carbocycles. The van der Waals surface area contributed by atoms with E-state index in [1.54, 1.807) is 7.11 Å². The van der Waals surface area contributed by atoms with Crippen LogP contribution in [0.4, 0.5) is 0 Å². The van der Waals surface area contributed by atoms with E-state index >= 15 is 0 Å². The molecule has 0 aromatic carbocycles. The van der Waals surface area contributed by atoms with Crippen LogP contribution in [0.2, 0.25) is 39.3 Å². The summed E-state index contributed by atoms with van der Waals surface area (Å²) in [7, 11) is -2.00. The Balaban J connectivity index is 2.33. The van der Waals surface area contributed by atoms with Crippen LogP contribution < -0.4 is 0 Å². The highest BCUT2D eigenvalue weighted by atomic mass is 28.4. The summed E-state index contributed by atoms with van der Waals surface area (Å²) in [6.07, 6.45) is -1.45. The van der Waals surface area contributed by atoms with Gasteiger partial charge < -0.3 is 27.8 Å². The summed E-state index contributed by atoms with van der Waals surface area (Å²) in [6.45, 7) is 17.3. The van der Waals surface area contributed by atoms with Gasteiger partial charge in [0.2, 0.25) is 0 Å². The van der Waals surface area contributed by atoms with Crippen LogP contribution in [0.25, 0.3) is 0 Å². The van der Waals surface area contributed by atoms with Crippen LogP contribution in [0.3, 0.4) is 0 Å². The molecule has 142 valence electrons. The third-order valence-electron chi connectivity index (χ3n) is 3.82. The zero-order valence-corrected chi connectivity index (χ0v) is 18.5. The van der Waals surface area contributed by atoms with E-state index in [0.29, 0.717) is 6.61 Å². The van der Waals surface area contributed by atoms with Crippen LogP contribution in [0.5, 0.6) is 0 Å². The minimum Gasteiger partial charge on any atom is -0.409 e. The van der Waals surface area contributed by atoms with Crippen molar-refractivity contribution < 1.29 is 27.8 Å². The third-order valence-corrected chi connectivity index (χ3v) is 5.78. The molecule has 0 spiro atoms. The summed E-state index contributed by atoms with van der Waals surface area (Å²) < 4.78 is 36.6. The molecule has 2 aliphatic heterocycles. The molecule has 8 heteroatoms. The smallest absolute Gasteiger partial charge is 0.185 e. The van der Waals surface area contributed by atoms with Crippen LogP contribution >= 0.6 is 0 Å². The first kappa shape index (κ1) is 20.5. The van der Waals surface area contributed by atoms with Crippen molar-refractivity contribution in [1.29, 1.82) is 0 Å². The van der Waals surface area contributed by atoms with Crippen molar-refractivity contribution in [2.75, 3.05) is 13.7 Å².